The second-order valence-electron chi connectivity index (χ2n) is 4.57. The van der Waals surface area contributed by atoms with Crippen molar-refractivity contribution in [2.24, 2.45) is 0 Å². The predicted octanol–water partition coefficient (Wildman–Crippen LogP) is 3.31. The molecule has 0 fully saturated rings. The molecular weight excluding hydrogens is 285 g/mol. The van der Waals surface area contributed by atoms with Gasteiger partial charge in [-0.3, -0.25) is 4.68 Å². The van der Waals surface area contributed by atoms with Crippen LogP contribution < -0.4 is 0 Å². The third kappa shape index (κ3) is 3.75. The van der Waals surface area contributed by atoms with Crippen molar-refractivity contribution in [1.82, 2.24) is 9.78 Å². The van der Waals surface area contributed by atoms with Crippen molar-refractivity contribution in [2.75, 3.05) is 13.7 Å². The third-order valence-electron chi connectivity index (χ3n) is 3.00. The zero-order valence-electron chi connectivity index (χ0n) is 11.4. The van der Waals surface area contributed by atoms with Crippen LogP contribution in [0.15, 0.2) is 30.6 Å². The van der Waals surface area contributed by atoms with Crippen LogP contribution in [0, 0.1) is 0 Å². The molecule has 21 heavy (non-hydrogen) atoms. The molecule has 0 saturated heterocycles. The Balaban J connectivity index is 2.19. The van der Waals surface area contributed by atoms with Crippen LogP contribution >= 0.6 is 0 Å². The highest BCUT2D eigenvalue weighted by Crippen LogP contribution is 2.36. The topological polar surface area (TPSA) is 47.3 Å². The van der Waals surface area contributed by atoms with Crippen LogP contribution in [0.3, 0.4) is 0 Å². The number of nitrogens with zero attached hydrogens (tertiary/aromatic N) is 2. The van der Waals surface area contributed by atoms with E-state index in [1.165, 1.54) is 12.3 Å². The van der Waals surface area contributed by atoms with E-state index in [4.69, 9.17) is 4.74 Å². The standard InChI is InChI=1S/C14H15F3N2O2/c1-21-6-2-5-19-9-10(8-18-19)12-4-3-11(7-13(12)20)14(15,16)17/h3-4,7-9,20H,2,5-6H2,1H3. The lowest BCUT2D eigenvalue weighted by Crippen LogP contribution is -2.04. The summed E-state index contributed by atoms with van der Waals surface area (Å²) in [7, 11) is 1.61. The number of aryl methyl sites for hydroxylation is 1. The lowest BCUT2D eigenvalue weighted by Gasteiger charge is -2.09. The Labute approximate surface area is 119 Å². The first-order valence-electron chi connectivity index (χ1n) is 6.34. The third-order valence-corrected chi connectivity index (χ3v) is 3.00. The summed E-state index contributed by atoms with van der Waals surface area (Å²) in [6, 6.07) is 2.91. The van der Waals surface area contributed by atoms with E-state index in [2.05, 4.69) is 5.10 Å². The number of hydrogen-bond acceptors (Lipinski definition) is 3. The van der Waals surface area contributed by atoms with Gasteiger partial charge in [0.15, 0.2) is 0 Å². The maximum absolute atomic E-state index is 12.5. The smallest absolute Gasteiger partial charge is 0.416 e. The molecule has 0 saturated carbocycles. The Morgan fingerprint density at radius 3 is 2.71 bits per heavy atom. The summed E-state index contributed by atoms with van der Waals surface area (Å²) in [5.74, 6) is -0.415. The molecule has 0 amide bonds. The van der Waals surface area contributed by atoms with E-state index >= 15 is 0 Å². The monoisotopic (exact) mass is 300 g/mol. The highest BCUT2D eigenvalue weighted by atomic mass is 19.4. The Morgan fingerprint density at radius 2 is 2.10 bits per heavy atom. The van der Waals surface area contributed by atoms with Gasteiger partial charge in [-0.1, -0.05) is 0 Å². The molecule has 1 heterocycles. The lowest BCUT2D eigenvalue weighted by atomic mass is 10.1. The number of aromatic nitrogens is 2. The molecule has 1 N–H and O–H groups in total. The van der Waals surface area contributed by atoms with Gasteiger partial charge in [0.25, 0.3) is 0 Å². The zero-order chi connectivity index (χ0) is 15.5. The van der Waals surface area contributed by atoms with E-state index in [-0.39, 0.29) is 0 Å². The fourth-order valence-electron chi connectivity index (χ4n) is 1.95. The second-order valence-corrected chi connectivity index (χ2v) is 4.57. The highest BCUT2D eigenvalue weighted by molar-refractivity contribution is 5.69. The normalized spacial score (nSPS) is 11.8. The number of ether oxygens (including phenoxy) is 1. The van der Waals surface area contributed by atoms with Crippen molar-refractivity contribution in [3.05, 3.63) is 36.2 Å². The molecule has 1 aromatic heterocycles. The van der Waals surface area contributed by atoms with Crippen LogP contribution in [0.4, 0.5) is 13.2 Å². The number of halogens is 3. The first-order chi connectivity index (χ1) is 9.91. The highest BCUT2D eigenvalue weighted by Gasteiger charge is 2.31. The fraction of sp³-hybridized carbons (Fsp3) is 0.357. The first-order valence-corrected chi connectivity index (χ1v) is 6.34. The van der Waals surface area contributed by atoms with Crippen molar-refractivity contribution in [3.8, 4) is 16.9 Å². The molecule has 114 valence electrons. The van der Waals surface area contributed by atoms with Crippen LogP contribution in [-0.4, -0.2) is 28.6 Å². The summed E-state index contributed by atoms with van der Waals surface area (Å²) in [6.07, 6.45) is -0.510. The van der Waals surface area contributed by atoms with E-state index in [9.17, 15) is 18.3 Å². The largest absolute Gasteiger partial charge is 0.507 e. The van der Waals surface area contributed by atoms with Gasteiger partial charge in [-0.15, -0.1) is 0 Å². The molecular formula is C14H15F3N2O2. The van der Waals surface area contributed by atoms with E-state index < -0.39 is 17.5 Å². The van der Waals surface area contributed by atoms with Gasteiger partial charge in [0.05, 0.1) is 11.8 Å². The molecule has 4 nitrogen and oxygen atoms in total. The van der Waals surface area contributed by atoms with Crippen molar-refractivity contribution in [2.45, 2.75) is 19.1 Å². The first kappa shape index (κ1) is 15.4. The Bertz CT molecular complexity index is 609. The SMILES string of the molecule is COCCCn1cc(-c2ccc(C(F)(F)F)cc2O)cn1. The molecule has 2 aromatic rings. The average molecular weight is 300 g/mol. The predicted molar refractivity (Wildman–Crippen MR) is 70.8 cm³/mol. The molecule has 0 spiro atoms. The number of phenolic OH excluding ortho intramolecular Hbond substituents is 1. The van der Waals surface area contributed by atoms with E-state index in [1.54, 1.807) is 18.0 Å². The number of hydrogen-bond donors (Lipinski definition) is 1. The van der Waals surface area contributed by atoms with Gasteiger partial charge in [0.1, 0.15) is 5.75 Å². The average Bonchev–Trinajstić information content (AvgIpc) is 2.86. The van der Waals surface area contributed by atoms with Crippen molar-refractivity contribution in [1.29, 1.82) is 0 Å². The summed E-state index contributed by atoms with van der Waals surface area (Å²) in [6.45, 7) is 1.23. The zero-order valence-corrected chi connectivity index (χ0v) is 11.4. The molecule has 0 unspecified atom stereocenters. The lowest BCUT2D eigenvalue weighted by molar-refractivity contribution is -0.137. The Hall–Kier alpha value is -2.02. The summed E-state index contributed by atoms with van der Waals surface area (Å²) in [4.78, 5) is 0. The number of phenols is 1. The summed E-state index contributed by atoms with van der Waals surface area (Å²) < 4.78 is 44.2. The number of rotatable bonds is 5. The fourth-order valence-corrected chi connectivity index (χ4v) is 1.95. The molecule has 0 aliphatic carbocycles. The van der Waals surface area contributed by atoms with Crippen molar-refractivity contribution < 1.29 is 23.0 Å². The summed E-state index contributed by atoms with van der Waals surface area (Å²) >= 11 is 0. The summed E-state index contributed by atoms with van der Waals surface area (Å²) in [5, 5.41) is 13.9. The van der Waals surface area contributed by atoms with Crippen LogP contribution in [0.2, 0.25) is 0 Å². The minimum absolute atomic E-state index is 0.320. The van der Waals surface area contributed by atoms with Gasteiger partial charge in [-0.25, -0.2) is 0 Å². The number of aromatic hydroxyl groups is 1. The van der Waals surface area contributed by atoms with Gasteiger partial charge in [0.2, 0.25) is 0 Å². The van der Waals surface area contributed by atoms with Crippen LogP contribution in [-0.2, 0) is 17.5 Å². The Morgan fingerprint density at radius 1 is 1.33 bits per heavy atom. The molecule has 0 bridgehead atoms. The molecule has 0 aliphatic rings. The molecule has 0 aliphatic heterocycles. The molecule has 1 aromatic carbocycles. The Kier molecular flexibility index (Phi) is 4.52. The van der Waals surface area contributed by atoms with E-state index in [0.29, 0.717) is 24.3 Å². The molecule has 0 atom stereocenters. The van der Waals surface area contributed by atoms with Gasteiger partial charge in [-0.2, -0.15) is 18.3 Å². The van der Waals surface area contributed by atoms with Gasteiger partial charge in [-0.05, 0) is 24.6 Å². The van der Waals surface area contributed by atoms with Gasteiger partial charge >= 0.3 is 6.18 Å². The van der Waals surface area contributed by atoms with Gasteiger partial charge < -0.3 is 9.84 Å². The van der Waals surface area contributed by atoms with Crippen LogP contribution in [0.5, 0.6) is 5.75 Å². The molecule has 2 rings (SSSR count). The maximum Gasteiger partial charge on any atom is 0.416 e. The van der Waals surface area contributed by atoms with Gasteiger partial charge in [0, 0.05) is 37.6 Å². The number of methoxy groups -OCH3 is 1. The van der Waals surface area contributed by atoms with E-state index in [0.717, 1.165) is 18.6 Å². The van der Waals surface area contributed by atoms with Crippen LogP contribution in [0.1, 0.15) is 12.0 Å². The minimum atomic E-state index is -4.47. The molecule has 7 heteroatoms. The molecule has 0 radical (unpaired) electrons. The number of benzene rings is 1. The number of alkyl halides is 3. The quantitative estimate of drug-likeness (QED) is 0.862. The maximum atomic E-state index is 12.5. The second kappa shape index (κ2) is 6.17. The van der Waals surface area contributed by atoms with Crippen molar-refractivity contribution in [3.63, 3.8) is 0 Å². The van der Waals surface area contributed by atoms with E-state index in [1.807, 2.05) is 0 Å². The van der Waals surface area contributed by atoms with Crippen LogP contribution in [0.25, 0.3) is 11.1 Å². The van der Waals surface area contributed by atoms with Crippen molar-refractivity contribution >= 4 is 0 Å². The minimum Gasteiger partial charge on any atom is -0.507 e. The summed E-state index contributed by atoms with van der Waals surface area (Å²) in [5.41, 5.74) is 0.0101.